The summed E-state index contributed by atoms with van der Waals surface area (Å²) in [6, 6.07) is 12.0. The Morgan fingerprint density at radius 3 is 2.22 bits per heavy atom. The second-order valence-corrected chi connectivity index (χ2v) is 7.04. The number of carboxylic acid groups (broad SMARTS) is 1. The van der Waals surface area contributed by atoms with Gasteiger partial charge in [0.15, 0.2) is 0 Å². The largest absolute Gasteiger partial charge is 1.00 e. The maximum absolute atomic E-state index is 12.4. The number of halogens is 2. The van der Waals surface area contributed by atoms with Crippen LogP contribution in [0.25, 0.3) is 0 Å². The number of nitrogens with zero attached hydrogens (tertiary/aromatic N) is 2. The van der Waals surface area contributed by atoms with Gasteiger partial charge in [-0.2, -0.15) is 0 Å². The summed E-state index contributed by atoms with van der Waals surface area (Å²) in [5.74, 6) is 3.88. The molecule has 0 bridgehead atoms. The standard InChI is InChI=1S/C22H16Cl2N4O3.Na/c23-16-5-2-6-17(24)19(16)20(29)28-18(21(30)31)7-1-4-14-8-10-15(11-9-14)27-22-25-12-3-13-26-22;/h2-3,5-6,8-13,18H,7H2,(H,28,29)(H,30,31)(H,25,26,27);/q;+1/p-1. The quantitative estimate of drug-likeness (QED) is 0.377. The minimum Gasteiger partial charge on any atom is -0.548 e. The van der Waals surface area contributed by atoms with Crippen molar-refractivity contribution in [2.24, 2.45) is 0 Å². The second-order valence-electron chi connectivity index (χ2n) is 6.22. The number of rotatable bonds is 6. The minimum absolute atomic E-state index is 0. The van der Waals surface area contributed by atoms with Gasteiger partial charge < -0.3 is 20.5 Å². The number of carboxylic acids is 1. The number of carbonyl (C=O) groups is 2. The van der Waals surface area contributed by atoms with Gasteiger partial charge in [0, 0.05) is 30.1 Å². The molecule has 0 saturated heterocycles. The number of aromatic nitrogens is 2. The fourth-order valence-corrected chi connectivity index (χ4v) is 3.09. The summed E-state index contributed by atoms with van der Waals surface area (Å²) in [6.07, 6.45) is 3.09. The number of carbonyl (C=O) groups excluding carboxylic acids is 2. The molecule has 1 atom stereocenters. The van der Waals surface area contributed by atoms with E-state index < -0.39 is 17.9 Å². The van der Waals surface area contributed by atoms with Gasteiger partial charge in [-0.15, -0.1) is 0 Å². The van der Waals surface area contributed by atoms with Gasteiger partial charge >= 0.3 is 29.6 Å². The Morgan fingerprint density at radius 1 is 1.00 bits per heavy atom. The molecule has 0 aliphatic heterocycles. The van der Waals surface area contributed by atoms with Crippen LogP contribution in [0.1, 0.15) is 22.3 Å². The maximum Gasteiger partial charge on any atom is 1.00 e. The fourth-order valence-electron chi connectivity index (χ4n) is 2.52. The predicted molar refractivity (Wildman–Crippen MR) is 116 cm³/mol. The van der Waals surface area contributed by atoms with Crippen molar-refractivity contribution in [2.75, 3.05) is 5.32 Å². The van der Waals surface area contributed by atoms with Crippen LogP contribution in [-0.2, 0) is 4.79 Å². The zero-order valence-corrected chi connectivity index (χ0v) is 20.4. The van der Waals surface area contributed by atoms with E-state index in [9.17, 15) is 14.7 Å². The van der Waals surface area contributed by atoms with Gasteiger partial charge in [-0.3, -0.25) is 4.79 Å². The third-order valence-corrected chi connectivity index (χ3v) is 4.66. The molecule has 0 fully saturated rings. The molecule has 0 aliphatic rings. The van der Waals surface area contributed by atoms with E-state index in [1.54, 1.807) is 48.8 Å². The van der Waals surface area contributed by atoms with Crippen molar-refractivity contribution in [3.05, 3.63) is 82.1 Å². The van der Waals surface area contributed by atoms with E-state index in [1.165, 1.54) is 12.1 Å². The van der Waals surface area contributed by atoms with Crippen molar-refractivity contribution in [3.8, 4) is 11.8 Å². The van der Waals surface area contributed by atoms with Crippen LogP contribution in [0.2, 0.25) is 10.0 Å². The molecule has 156 valence electrons. The van der Waals surface area contributed by atoms with Crippen LogP contribution in [0.3, 0.4) is 0 Å². The molecule has 1 aromatic heterocycles. The first-order chi connectivity index (χ1) is 14.9. The minimum atomic E-state index is -1.46. The molecule has 3 rings (SSSR count). The van der Waals surface area contributed by atoms with Gasteiger partial charge in [0.05, 0.1) is 27.6 Å². The van der Waals surface area contributed by atoms with Crippen molar-refractivity contribution in [1.82, 2.24) is 15.3 Å². The molecule has 1 heterocycles. The number of aliphatic carboxylic acids is 1. The number of anilines is 2. The van der Waals surface area contributed by atoms with Gasteiger partial charge in [0.2, 0.25) is 5.95 Å². The number of amides is 1. The van der Waals surface area contributed by atoms with Crippen molar-refractivity contribution in [2.45, 2.75) is 12.5 Å². The average molecular weight is 477 g/mol. The predicted octanol–water partition coefficient (Wildman–Crippen LogP) is -0.179. The van der Waals surface area contributed by atoms with E-state index in [-0.39, 0.29) is 51.6 Å². The summed E-state index contributed by atoms with van der Waals surface area (Å²) < 4.78 is 0. The van der Waals surface area contributed by atoms with E-state index >= 15 is 0 Å². The topological polar surface area (TPSA) is 107 Å². The Kier molecular flexibility index (Phi) is 9.97. The van der Waals surface area contributed by atoms with E-state index in [4.69, 9.17) is 23.2 Å². The molecule has 7 nitrogen and oxygen atoms in total. The molecule has 0 saturated carbocycles. The zero-order valence-electron chi connectivity index (χ0n) is 16.9. The van der Waals surface area contributed by atoms with Crippen molar-refractivity contribution >= 4 is 46.7 Å². The van der Waals surface area contributed by atoms with Gasteiger partial charge in [0.25, 0.3) is 5.91 Å². The first-order valence-electron chi connectivity index (χ1n) is 9.03. The van der Waals surface area contributed by atoms with Crippen LogP contribution in [0.15, 0.2) is 60.9 Å². The fraction of sp³-hybridized carbons (Fsp3) is 0.0909. The molecule has 1 amide bonds. The average Bonchev–Trinajstić information content (AvgIpc) is 2.75. The summed E-state index contributed by atoms with van der Waals surface area (Å²) >= 11 is 12.0. The third kappa shape index (κ3) is 7.23. The SMILES string of the molecule is O=C(NC(CC#Cc1ccc(Nc2ncccn2)cc1)C(=O)[O-])c1c(Cl)cccc1Cl.[Na+]. The van der Waals surface area contributed by atoms with Gasteiger partial charge in [-0.05, 0) is 42.5 Å². The molecule has 0 radical (unpaired) electrons. The zero-order chi connectivity index (χ0) is 22.2. The number of hydrogen-bond donors (Lipinski definition) is 2. The van der Waals surface area contributed by atoms with Crippen LogP contribution >= 0.6 is 23.2 Å². The Labute approximate surface area is 216 Å². The number of hydrogen-bond acceptors (Lipinski definition) is 6. The Hall–Kier alpha value is -2.60. The van der Waals surface area contributed by atoms with Crippen LogP contribution < -0.4 is 45.3 Å². The summed E-state index contributed by atoms with van der Waals surface area (Å²) in [7, 11) is 0. The van der Waals surface area contributed by atoms with Crippen molar-refractivity contribution < 1.29 is 44.3 Å². The molecule has 3 aromatic rings. The van der Waals surface area contributed by atoms with Crippen molar-refractivity contribution in [3.63, 3.8) is 0 Å². The molecule has 0 aliphatic carbocycles. The Bertz CT molecular complexity index is 1130. The van der Waals surface area contributed by atoms with Crippen LogP contribution in [-0.4, -0.2) is 27.9 Å². The van der Waals surface area contributed by atoms with Crippen LogP contribution in [0, 0.1) is 11.8 Å². The van der Waals surface area contributed by atoms with E-state index in [1.807, 2.05) is 0 Å². The normalized spacial score (nSPS) is 10.7. The molecule has 1 unspecified atom stereocenters. The van der Waals surface area contributed by atoms with Gasteiger partial charge in [-0.25, -0.2) is 9.97 Å². The van der Waals surface area contributed by atoms with Crippen molar-refractivity contribution in [1.29, 1.82) is 0 Å². The molecular weight excluding hydrogens is 462 g/mol. The van der Waals surface area contributed by atoms with Crippen LogP contribution in [0.5, 0.6) is 0 Å². The Morgan fingerprint density at radius 2 is 1.62 bits per heavy atom. The molecule has 2 N–H and O–H groups in total. The Balaban J connectivity index is 0.00000363. The van der Waals surface area contributed by atoms with Crippen LogP contribution in [0.4, 0.5) is 11.6 Å². The smallest absolute Gasteiger partial charge is 0.548 e. The molecule has 32 heavy (non-hydrogen) atoms. The summed E-state index contributed by atoms with van der Waals surface area (Å²) in [6.45, 7) is 0. The van der Waals surface area contributed by atoms with Gasteiger partial charge in [0.1, 0.15) is 0 Å². The molecular formula is C22H15Cl2N4NaO3. The van der Waals surface area contributed by atoms with E-state index in [0.717, 1.165) is 5.69 Å². The first kappa shape index (κ1) is 25.7. The summed E-state index contributed by atoms with van der Waals surface area (Å²) in [4.78, 5) is 32.0. The maximum atomic E-state index is 12.4. The van der Waals surface area contributed by atoms with E-state index in [2.05, 4.69) is 32.4 Å². The monoisotopic (exact) mass is 476 g/mol. The number of benzene rings is 2. The molecule has 0 spiro atoms. The molecule has 10 heteroatoms. The summed E-state index contributed by atoms with van der Waals surface area (Å²) in [5.41, 5.74) is 1.43. The van der Waals surface area contributed by atoms with Gasteiger partial charge in [-0.1, -0.05) is 41.1 Å². The summed E-state index contributed by atoms with van der Waals surface area (Å²) in [5, 5.41) is 17.0. The molecule has 2 aromatic carbocycles. The number of nitrogens with one attached hydrogen (secondary N) is 2. The second kappa shape index (κ2) is 12.4. The first-order valence-corrected chi connectivity index (χ1v) is 9.78. The third-order valence-electron chi connectivity index (χ3n) is 4.03. The van der Waals surface area contributed by atoms with E-state index in [0.29, 0.717) is 11.5 Å².